The summed E-state index contributed by atoms with van der Waals surface area (Å²) in [6.07, 6.45) is 2.90. The number of rotatable bonds is 3. The molecule has 1 saturated heterocycles. The lowest BCUT2D eigenvalue weighted by atomic mass is 10.0. The Balaban J connectivity index is 1.67. The van der Waals surface area contributed by atoms with Crippen LogP contribution >= 0.6 is 11.6 Å². The number of primary amides is 1. The Morgan fingerprint density at radius 2 is 2.00 bits per heavy atom. The van der Waals surface area contributed by atoms with Gasteiger partial charge in [-0.2, -0.15) is 0 Å². The summed E-state index contributed by atoms with van der Waals surface area (Å²) in [6.45, 7) is 1.09. The maximum Gasteiger partial charge on any atom is 0.289 e. The molecule has 0 spiro atoms. The predicted molar refractivity (Wildman–Crippen MR) is 83.0 cm³/mol. The summed E-state index contributed by atoms with van der Waals surface area (Å²) in [5.41, 5.74) is 11.2. The monoisotopic (exact) mass is 337 g/mol. The zero-order chi connectivity index (χ0) is 16.6. The Kier molecular flexibility index (Phi) is 3.99. The molecular formula is C14H16ClN5O3. The first-order valence-electron chi connectivity index (χ1n) is 7.14. The van der Waals surface area contributed by atoms with Gasteiger partial charge in [-0.3, -0.25) is 9.59 Å². The van der Waals surface area contributed by atoms with Crippen molar-refractivity contribution in [2.24, 2.45) is 5.73 Å². The molecule has 1 aliphatic rings. The largest absolute Gasteiger partial charge is 0.440 e. The number of piperidine rings is 1. The van der Waals surface area contributed by atoms with Gasteiger partial charge in [-0.1, -0.05) is 0 Å². The summed E-state index contributed by atoms with van der Waals surface area (Å²) in [7, 11) is 0. The molecule has 2 aromatic heterocycles. The highest BCUT2D eigenvalue weighted by Gasteiger charge is 2.28. The average Bonchev–Trinajstić information content (AvgIpc) is 3.13. The van der Waals surface area contributed by atoms with E-state index in [1.165, 1.54) is 6.33 Å². The first-order valence-corrected chi connectivity index (χ1v) is 7.52. The van der Waals surface area contributed by atoms with E-state index < -0.39 is 5.91 Å². The summed E-state index contributed by atoms with van der Waals surface area (Å²) >= 11 is 5.69. The topological polar surface area (TPSA) is 120 Å². The number of likely N-dealkylation sites (tertiary alicyclic amines) is 1. The maximum atomic E-state index is 12.3. The number of anilines is 1. The number of nitrogens with two attached hydrogens (primary N) is 2. The van der Waals surface area contributed by atoms with Crippen LogP contribution in [-0.4, -0.2) is 39.4 Å². The van der Waals surface area contributed by atoms with E-state index in [9.17, 15) is 9.59 Å². The second kappa shape index (κ2) is 5.96. The van der Waals surface area contributed by atoms with Crippen LogP contribution in [0, 0.1) is 0 Å². The van der Waals surface area contributed by atoms with Crippen LogP contribution in [-0.2, 0) is 0 Å². The molecule has 2 amide bonds. The van der Waals surface area contributed by atoms with Crippen LogP contribution in [0.3, 0.4) is 0 Å². The van der Waals surface area contributed by atoms with E-state index in [2.05, 4.69) is 4.98 Å². The zero-order valence-corrected chi connectivity index (χ0v) is 13.0. The van der Waals surface area contributed by atoms with Gasteiger partial charge in [0.1, 0.15) is 5.82 Å². The summed E-state index contributed by atoms with van der Waals surface area (Å²) in [6, 6.07) is 3.17. The minimum absolute atomic E-state index is 0.0693. The fourth-order valence-corrected chi connectivity index (χ4v) is 2.93. The Labute approximate surface area is 137 Å². The van der Waals surface area contributed by atoms with Gasteiger partial charge in [0.2, 0.25) is 0 Å². The molecule has 0 bridgehead atoms. The second-order valence-electron chi connectivity index (χ2n) is 5.38. The molecule has 0 saturated carbocycles. The first kappa shape index (κ1) is 15.4. The van der Waals surface area contributed by atoms with Gasteiger partial charge in [0.25, 0.3) is 11.8 Å². The van der Waals surface area contributed by atoms with Crippen molar-refractivity contribution < 1.29 is 14.0 Å². The number of carbonyl (C=O) groups is 2. The summed E-state index contributed by atoms with van der Waals surface area (Å²) in [5.74, 6) is -0.345. The molecule has 4 N–H and O–H groups in total. The van der Waals surface area contributed by atoms with Gasteiger partial charge in [-0.15, -0.1) is 0 Å². The molecule has 0 aliphatic carbocycles. The molecule has 1 fully saturated rings. The number of nitrogen functional groups attached to an aromatic ring is 1. The van der Waals surface area contributed by atoms with E-state index in [1.807, 2.05) is 0 Å². The van der Waals surface area contributed by atoms with Crippen LogP contribution in [0.1, 0.15) is 39.9 Å². The van der Waals surface area contributed by atoms with Gasteiger partial charge in [-0.05, 0) is 36.6 Å². The minimum atomic E-state index is -0.649. The van der Waals surface area contributed by atoms with Gasteiger partial charge in [0.05, 0.1) is 6.33 Å². The van der Waals surface area contributed by atoms with Gasteiger partial charge >= 0.3 is 0 Å². The molecule has 23 heavy (non-hydrogen) atoms. The number of amides is 2. The number of hydrogen-bond donors (Lipinski definition) is 2. The average molecular weight is 338 g/mol. The molecule has 0 atom stereocenters. The molecule has 3 heterocycles. The van der Waals surface area contributed by atoms with Gasteiger partial charge in [0.15, 0.2) is 16.7 Å². The van der Waals surface area contributed by atoms with E-state index in [0.717, 1.165) is 0 Å². The van der Waals surface area contributed by atoms with E-state index >= 15 is 0 Å². The normalized spacial score (nSPS) is 15.8. The molecular weight excluding hydrogens is 322 g/mol. The fraction of sp³-hybridized carbons (Fsp3) is 0.357. The highest BCUT2D eigenvalue weighted by atomic mass is 35.5. The van der Waals surface area contributed by atoms with Crippen molar-refractivity contribution in [1.29, 1.82) is 0 Å². The third-order valence-corrected chi connectivity index (χ3v) is 4.20. The Bertz CT molecular complexity index is 745. The van der Waals surface area contributed by atoms with E-state index in [0.29, 0.717) is 25.9 Å². The molecule has 0 aromatic carbocycles. The van der Waals surface area contributed by atoms with Gasteiger partial charge in [0, 0.05) is 19.1 Å². The molecule has 0 radical (unpaired) electrons. The zero-order valence-electron chi connectivity index (χ0n) is 12.2. The van der Waals surface area contributed by atoms with Crippen molar-refractivity contribution in [3.63, 3.8) is 0 Å². The summed E-state index contributed by atoms with van der Waals surface area (Å²) in [4.78, 5) is 29.1. The number of aromatic nitrogens is 2. The minimum Gasteiger partial charge on any atom is -0.440 e. The highest BCUT2D eigenvalue weighted by Crippen LogP contribution is 2.27. The Morgan fingerprint density at radius 3 is 2.52 bits per heavy atom. The van der Waals surface area contributed by atoms with Crippen molar-refractivity contribution >= 4 is 29.2 Å². The van der Waals surface area contributed by atoms with Crippen LogP contribution in [0.2, 0.25) is 5.22 Å². The lowest BCUT2D eigenvalue weighted by molar-refractivity contribution is 0.0663. The third kappa shape index (κ3) is 2.89. The first-order chi connectivity index (χ1) is 11.0. The predicted octanol–water partition coefficient (Wildman–Crippen LogP) is 1.29. The fourth-order valence-electron chi connectivity index (χ4n) is 2.78. The van der Waals surface area contributed by atoms with E-state index in [1.54, 1.807) is 21.6 Å². The lowest BCUT2D eigenvalue weighted by Gasteiger charge is -2.32. The molecule has 3 rings (SSSR count). The van der Waals surface area contributed by atoms with Crippen molar-refractivity contribution in [2.45, 2.75) is 18.9 Å². The Hall–Kier alpha value is -2.48. The second-order valence-corrected chi connectivity index (χ2v) is 5.75. The van der Waals surface area contributed by atoms with Crippen LogP contribution in [0.4, 0.5) is 5.82 Å². The van der Waals surface area contributed by atoms with Crippen LogP contribution in [0.25, 0.3) is 0 Å². The molecule has 8 nitrogen and oxygen atoms in total. The van der Waals surface area contributed by atoms with Crippen molar-refractivity contribution in [3.8, 4) is 0 Å². The van der Waals surface area contributed by atoms with E-state index in [-0.39, 0.29) is 34.4 Å². The summed E-state index contributed by atoms with van der Waals surface area (Å²) in [5, 5.41) is 0.188. The molecule has 122 valence electrons. The maximum absolute atomic E-state index is 12.3. The van der Waals surface area contributed by atoms with E-state index in [4.69, 9.17) is 27.5 Å². The highest BCUT2D eigenvalue weighted by molar-refractivity contribution is 6.29. The number of hydrogen-bond acceptors (Lipinski definition) is 5. The van der Waals surface area contributed by atoms with Crippen molar-refractivity contribution in [2.75, 3.05) is 18.8 Å². The van der Waals surface area contributed by atoms with Gasteiger partial charge < -0.3 is 25.4 Å². The third-order valence-electron chi connectivity index (χ3n) is 3.99. The number of furan rings is 1. The molecule has 2 aromatic rings. The Morgan fingerprint density at radius 1 is 1.30 bits per heavy atom. The summed E-state index contributed by atoms with van der Waals surface area (Å²) < 4.78 is 6.89. The van der Waals surface area contributed by atoms with Crippen LogP contribution < -0.4 is 11.5 Å². The number of nitrogens with zero attached hydrogens (tertiary/aromatic N) is 3. The quantitative estimate of drug-likeness (QED) is 0.874. The lowest BCUT2D eigenvalue weighted by Crippen LogP contribution is -2.39. The van der Waals surface area contributed by atoms with Crippen LogP contribution in [0.5, 0.6) is 0 Å². The standard InChI is InChI=1S/C14H16ClN5O3/c15-10-2-1-9(23-10)14(22)19-5-3-8(4-6-19)20-7-18-11(12(20)16)13(17)21/h1-2,7-8H,3-6,16H2,(H2,17,21). The molecule has 0 unspecified atom stereocenters. The number of halogens is 1. The number of carbonyl (C=O) groups excluding carboxylic acids is 2. The SMILES string of the molecule is NC(=O)c1ncn(C2CCN(C(=O)c3ccc(Cl)o3)CC2)c1N. The molecule has 9 heteroatoms. The van der Waals surface area contributed by atoms with Crippen LogP contribution in [0.15, 0.2) is 22.9 Å². The van der Waals surface area contributed by atoms with Gasteiger partial charge in [-0.25, -0.2) is 4.98 Å². The molecule has 1 aliphatic heterocycles. The number of imidazole rings is 1. The smallest absolute Gasteiger partial charge is 0.289 e. The van der Waals surface area contributed by atoms with Crippen molar-refractivity contribution in [3.05, 3.63) is 35.1 Å². The van der Waals surface area contributed by atoms with Crippen molar-refractivity contribution in [1.82, 2.24) is 14.5 Å².